The van der Waals surface area contributed by atoms with Crippen molar-refractivity contribution in [2.45, 2.75) is 59.7 Å². The first kappa shape index (κ1) is 17.8. The Hall–Kier alpha value is -1.27. The fraction of sp³-hybridized carbons (Fsp3) is 0.588. The standard InChI is InChI=1S/C17H21IN6O2S/c1-2-17(4-5-17)27(25,26)23-10-7-11(12(18)8-10)16-22-21-14-9-20-15-13(24(14)16)3-6-19-15/h3,6,9-12,19,23H,2,4-5,7-8H2,1H3/t10-,11+,12-/m1/s1. The zero-order valence-electron chi connectivity index (χ0n) is 14.9. The van der Waals surface area contributed by atoms with E-state index in [1.54, 1.807) is 6.20 Å². The van der Waals surface area contributed by atoms with E-state index in [0.29, 0.717) is 16.0 Å². The molecule has 27 heavy (non-hydrogen) atoms. The molecule has 0 spiro atoms. The van der Waals surface area contributed by atoms with Gasteiger partial charge in [0.1, 0.15) is 5.82 Å². The summed E-state index contributed by atoms with van der Waals surface area (Å²) < 4.78 is 30.4. The van der Waals surface area contributed by atoms with Crippen LogP contribution in [0.4, 0.5) is 0 Å². The molecule has 3 aromatic rings. The van der Waals surface area contributed by atoms with Gasteiger partial charge in [-0.2, -0.15) is 0 Å². The molecule has 3 atom stereocenters. The predicted octanol–water partition coefficient (Wildman–Crippen LogP) is 2.52. The number of aromatic nitrogens is 5. The van der Waals surface area contributed by atoms with Gasteiger partial charge in [0.2, 0.25) is 10.0 Å². The van der Waals surface area contributed by atoms with E-state index in [-0.39, 0.29) is 12.0 Å². The van der Waals surface area contributed by atoms with E-state index in [1.807, 2.05) is 23.6 Å². The van der Waals surface area contributed by atoms with Crippen LogP contribution in [-0.4, -0.2) is 47.7 Å². The molecule has 5 rings (SSSR count). The maximum atomic E-state index is 12.8. The number of aromatic amines is 1. The molecular weight excluding hydrogens is 479 g/mol. The summed E-state index contributed by atoms with van der Waals surface area (Å²) in [6.45, 7) is 1.96. The third kappa shape index (κ3) is 2.70. The first-order chi connectivity index (χ1) is 12.9. The van der Waals surface area contributed by atoms with Gasteiger partial charge >= 0.3 is 0 Å². The summed E-state index contributed by atoms with van der Waals surface area (Å²) in [6, 6.07) is 1.92. The van der Waals surface area contributed by atoms with E-state index in [2.05, 4.69) is 47.5 Å². The summed E-state index contributed by atoms with van der Waals surface area (Å²) in [6.07, 6.45) is 7.34. The van der Waals surface area contributed by atoms with Gasteiger partial charge in [-0.05, 0) is 38.2 Å². The smallest absolute Gasteiger partial charge is 0.217 e. The zero-order valence-corrected chi connectivity index (χ0v) is 17.9. The van der Waals surface area contributed by atoms with Gasteiger partial charge < -0.3 is 4.98 Å². The van der Waals surface area contributed by atoms with Crippen LogP contribution in [0, 0.1) is 0 Å². The van der Waals surface area contributed by atoms with E-state index in [1.165, 1.54) is 0 Å². The number of nitrogens with zero attached hydrogens (tertiary/aromatic N) is 4. The summed E-state index contributed by atoms with van der Waals surface area (Å²) >= 11 is 2.42. The Bertz CT molecular complexity index is 1120. The summed E-state index contributed by atoms with van der Waals surface area (Å²) in [5.74, 6) is 1.03. The van der Waals surface area contributed by atoms with Crippen molar-refractivity contribution in [3.63, 3.8) is 0 Å². The Kier molecular flexibility index (Phi) is 4.03. The van der Waals surface area contributed by atoms with E-state index in [4.69, 9.17) is 0 Å². The predicted molar refractivity (Wildman–Crippen MR) is 111 cm³/mol. The van der Waals surface area contributed by atoms with Crippen LogP contribution in [0.25, 0.3) is 16.8 Å². The largest absolute Gasteiger partial charge is 0.345 e. The van der Waals surface area contributed by atoms with Crippen molar-refractivity contribution in [1.29, 1.82) is 0 Å². The molecule has 10 heteroatoms. The molecule has 0 unspecified atom stereocenters. The van der Waals surface area contributed by atoms with Gasteiger partial charge in [0.05, 0.1) is 16.5 Å². The molecular formula is C17H21IN6O2S. The maximum Gasteiger partial charge on any atom is 0.217 e. The van der Waals surface area contributed by atoms with Crippen LogP contribution in [-0.2, 0) is 10.0 Å². The van der Waals surface area contributed by atoms with Crippen molar-refractivity contribution in [2.75, 3.05) is 0 Å². The lowest BCUT2D eigenvalue weighted by Crippen LogP contribution is -2.41. The second-order valence-electron chi connectivity index (χ2n) is 7.67. The van der Waals surface area contributed by atoms with Crippen molar-refractivity contribution in [1.82, 2.24) is 29.3 Å². The molecule has 144 valence electrons. The van der Waals surface area contributed by atoms with Crippen molar-refractivity contribution >= 4 is 49.4 Å². The second-order valence-corrected chi connectivity index (χ2v) is 11.4. The quantitative estimate of drug-likeness (QED) is 0.414. The third-order valence-electron chi connectivity index (χ3n) is 6.13. The van der Waals surface area contributed by atoms with Crippen molar-refractivity contribution < 1.29 is 8.42 Å². The van der Waals surface area contributed by atoms with Crippen LogP contribution >= 0.6 is 22.6 Å². The summed E-state index contributed by atoms with van der Waals surface area (Å²) in [7, 11) is -3.28. The van der Waals surface area contributed by atoms with Crippen LogP contribution in [0.3, 0.4) is 0 Å². The number of hydrogen-bond acceptors (Lipinski definition) is 5. The lowest BCUT2D eigenvalue weighted by molar-refractivity contribution is 0.528. The van der Waals surface area contributed by atoms with Crippen LogP contribution in [0.5, 0.6) is 0 Å². The SMILES string of the molecule is CCC1(S(=O)(=O)N[C@H]2C[C@@H](I)[C@@H](c3nnc4cnc5[nH]ccc5n34)C2)CC1. The lowest BCUT2D eigenvalue weighted by atomic mass is 10.1. The number of sulfonamides is 1. The van der Waals surface area contributed by atoms with E-state index >= 15 is 0 Å². The average molecular weight is 500 g/mol. The summed E-state index contributed by atoms with van der Waals surface area (Å²) in [4.78, 5) is 7.48. The molecule has 2 aliphatic carbocycles. The minimum absolute atomic E-state index is 0.0539. The van der Waals surface area contributed by atoms with Gasteiger partial charge in [0.15, 0.2) is 11.3 Å². The normalized spacial score (nSPS) is 27.6. The van der Waals surface area contributed by atoms with Crippen molar-refractivity contribution in [2.24, 2.45) is 0 Å². The molecule has 0 saturated heterocycles. The molecule has 0 aromatic carbocycles. The first-order valence-corrected chi connectivity index (χ1v) is 12.0. The summed E-state index contributed by atoms with van der Waals surface area (Å²) in [5, 5.41) is 8.73. The molecule has 2 fully saturated rings. The minimum atomic E-state index is -3.28. The Morgan fingerprint density at radius 3 is 2.93 bits per heavy atom. The molecule has 3 aromatic heterocycles. The molecule has 2 N–H and O–H groups in total. The van der Waals surface area contributed by atoms with E-state index < -0.39 is 14.8 Å². The highest BCUT2D eigenvalue weighted by molar-refractivity contribution is 14.1. The third-order valence-corrected chi connectivity index (χ3v) is 9.98. The monoisotopic (exact) mass is 500 g/mol. The number of fused-ring (bicyclic) bond motifs is 3. The average Bonchev–Trinajstić information content (AvgIpc) is 2.95. The maximum absolute atomic E-state index is 12.8. The number of halogens is 1. The number of hydrogen-bond donors (Lipinski definition) is 2. The molecule has 2 aliphatic rings. The van der Waals surface area contributed by atoms with Gasteiger partial charge in [-0.1, -0.05) is 29.5 Å². The molecule has 0 bridgehead atoms. The van der Waals surface area contributed by atoms with Crippen LogP contribution in [0.15, 0.2) is 18.5 Å². The number of H-pyrrole nitrogens is 1. The molecule has 2 saturated carbocycles. The Morgan fingerprint density at radius 1 is 1.37 bits per heavy atom. The number of nitrogens with one attached hydrogen (secondary N) is 2. The van der Waals surface area contributed by atoms with Crippen LogP contribution in [0.2, 0.25) is 0 Å². The zero-order chi connectivity index (χ0) is 18.8. The molecule has 0 aliphatic heterocycles. The van der Waals surface area contributed by atoms with E-state index in [0.717, 1.165) is 42.7 Å². The van der Waals surface area contributed by atoms with Gasteiger partial charge in [-0.15, -0.1) is 10.2 Å². The first-order valence-electron chi connectivity index (χ1n) is 9.27. The van der Waals surface area contributed by atoms with E-state index in [9.17, 15) is 8.42 Å². The fourth-order valence-electron chi connectivity index (χ4n) is 4.28. The number of alkyl halides is 1. The van der Waals surface area contributed by atoms with Gasteiger partial charge in [-0.25, -0.2) is 18.1 Å². The molecule has 8 nitrogen and oxygen atoms in total. The van der Waals surface area contributed by atoms with Gasteiger partial charge in [-0.3, -0.25) is 4.40 Å². The van der Waals surface area contributed by atoms with Crippen molar-refractivity contribution in [3.8, 4) is 0 Å². The lowest BCUT2D eigenvalue weighted by Gasteiger charge is -2.19. The van der Waals surface area contributed by atoms with Crippen LogP contribution in [0.1, 0.15) is 50.8 Å². The Balaban J connectivity index is 1.45. The Morgan fingerprint density at radius 2 is 2.19 bits per heavy atom. The van der Waals surface area contributed by atoms with Crippen molar-refractivity contribution in [3.05, 3.63) is 24.3 Å². The minimum Gasteiger partial charge on any atom is -0.345 e. The summed E-state index contributed by atoms with van der Waals surface area (Å²) in [5.41, 5.74) is 2.46. The number of rotatable bonds is 5. The Labute approximate surface area is 170 Å². The van der Waals surface area contributed by atoms with Gasteiger partial charge in [0.25, 0.3) is 0 Å². The second kappa shape index (κ2) is 6.11. The fourth-order valence-corrected chi connectivity index (χ4v) is 7.41. The highest BCUT2D eigenvalue weighted by Crippen LogP contribution is 2.47. The van der Waals surface area contributed by atoms with Gasteiger partial charge in [0, 0.05) is 22.1 Å². The molecule has 0 radical (unpaired) electrons. The molecule has 3 heterocycles. The highest BCUT2D eigenvalue weighted by Gasteiger charge is 2.54. The highest BCUT2D eigenvalue weighted by atomic mass is 127. The topological polar surface area (TPSA) is 105 Å². The van der Waals surface area contributed by atoms with Crippen LogP contribution < -0.4 is 4.72 Å². The molecule has 0 amide bonds.